The summed E-state index contributed by atoms with van der Waals surface area (Å²) >= 11 is 1.75. The van der Waals surface area contributed by atoms with Gasteiger partial charge < -0.3 is 19.5 Å². The van der Waals surface area contributed by atoms with Crippen LogP contribution in [0.15, 0.2) is 35.7 Å². The molecule has 0 spiro atoms. The molecule has 0 saturated carbocycles. The van der Waals surface area contributed by atoms with E-state index in [9.17, 15) is 9.90 Å². The number of amides is 1. The van der Waals surface area contributed by atoms with Crippen LogP contribution in [0.5, 0.6) is 5.75 Å². The Hall–Kier alpha value is -1.93. The molecular formula is C24H34N2O4S. The number of aryl methyl sites for hydroxylation is 1. The van der Waals surface area contributed by atoms with Gasteiger partial charge in [0.15, 0.2) is 0 Å². The lowest BCUT2D eigenvalue weighted by molar-refractivity contribution is -0.136. The van der Waals surface area contributed by atoms with Gasteiger partial charge in [-0.1, -0.05) is 25.1 Å². The Balaban J connectivity index is 1.72. The summed E-state index contributed by atoms with van der Waals surface area (Å²) in [5.41, 5.74) is 2.28. The highest BCUT2D eigenvalue weighted by Crippen LogP contribution is 2.34. The fourth-order valence-electron chi connectivity index (χ4n) is 4.14. The van der Waals surface area contributed by atoms with Crippen LogP contribution >= 0.6 is 11.3 Å². The van der Waals surface area contributed by atoms with E-state index in [-0.39, 0.29) is 25.1 Å². The molecule has 1 N–H and O–H groups in total. The molecule has 0 bridgehead atoms. The number of nitrogens with zero attached hydrogens (tertiary/aromatic N) is 2. The summed E-state index contributed by atoms with van der Waals surface area (Å²) in [7, 11) is 1.57. The summed E-state index contributed by atoms with van der Waals surface area (Å²) in [5.74, 6) is 0.931. The largest absolute Gasteiger partial charge is 0.491 e. The molecule has 0 saturated heterocycles. The lowest BCUT2D eigenvalue weighted by atomic mass is 10.00. The first-order valence-corrected chi connectivity index (χ1v) is 11.8. The SMILES string of the molecule is CCCN(CC(=O)N1CCc2sccc2[C@H]1COc1ccccc1C)C[C@@H](O)COC. The van der Waals surface area contributed by atoms with Gasteiger partial charge in [-0.05, 0) is 54.9 Å². The van der Waals surface area contributed by atoms with E-state index >= 15 is 0 Å². The molecule has 2 heterocycles. The van der Waals surface area contributed by atoms with Crippen molar-refractivity contribution in [3.8, 4) is 5.75 Å². The van der Waals surface area contributed by atoms with Gasteiger partial charge in [0.2, 0.25) is 5.91 Å². The van der Waals surface area contributed by atoms with E-state index in [1.807, 2.05) is 41.0 Å². The van der Waals surface area contributed by atoms with Crippen molar-refractivity contribution in [3.63, 3.8) is 0 Å². The third-order valence-corrected chi connectivity index (χ3v) is 6.63. The quantitative estimate of drug-likeness (QED) is 0.574. The fraction of sp³-hybridized carbons (Fsp3) is 0.542. The van der Waals surface area contributed by atoms with Crippen molar-refractivity contribution in [2.24, 2.45) is 0 Å². The number of methoxy groups -OCH3 is 1. The smallest absolute Gasteiger partial charge is 0.237 e. The summed E-state index contributed by atoms with van der Waals surface area (Å²) in [6.45, 7) is 6.97. The molecule has 0 unspecified atom stereocenters. The monoisotopic (exact) mass is 446 g/mol. The molecule has 0 fully saturated rings. The van der Waals surface area contributed by atoms with Crippen LogP contribution in [0.4, 0.5) is 0 Å². The molecule has 0 radical (unpaired) electrons. The minimum Gasteiger partial charge on any atom is -0.491 e. The van der Waals surface area contributed by atoms with Crippen LogP contribution in [0.1, 0.15) is 35.4 Å². The maximum absolute atomic E-state index is 13.4. The van der Waals surface area contributed by atoms with Crippen molar-refractivity contribution in [2.45, 2.75) is 38.8 Å². The highest BCUT2D eigenvalue weighted by molar-refractivity contribution is 7.10. The summed E-state index contributed by atoms with van der Waals surface area (Å²) in [6, 6.07) is 9.99. The number of carbonyl (C=O) groups is 1. The zero-order valence-electron chi connectivity index (χ0n) is 18.8. The zero-order valence-corrected chi connectivity index (χ0v) is 19.6. The summed E-state index contributed by atoms with van der Waals surface area (Å²) in [6.07, 6.45) is 1.19. The van der Waals surface area contributed by atoms with E-state index in [1.165, 1.54) is 10.4 Å². The van der Waals surface area contributed by atoms with Gasteiger partial charge in [0, 0.05) is 25.1 Å². The Morgan fingerprint density at radius 3 is 2.90 bits per heavy atom. The van der Waals surface area contributed by atoms with Crippen LogP contribution in [0, 0.1) is 6.92 Å². The zero-order chi connectivity index (χ0) is 22.2. The lowest BCUT2D eigenvalue weighted by Crippen LogP contribution is -2.48. The van der Waals surface area contributed by atoms with Crippen LogP contribution in [0.3, 0.4) is 0 Å². The number of fused-ring (bicyclic) bond motifs is 1. The van der Waals surface area contributed by atoms with Crippen LogP contribution in [-0.2, 0) is 16.0 Å². The topological polar surface area (TPSA) is 62.2 Å². The molecule has 0 aliphatic carbocycles. The average molecular weight is 447 g/mol. The van der Waals surface area contributed by atoms with Gasteiger partial charge in [0.25, 0.3) is 0 Å². The van der Waals surface area contributed by atoms with E-state index < -0.39 is 6.10 Å². The number of rotatable bonds is 11. The van der Waals surface area contributed by atoms with E-state index in [2.05, 4.69) is 18.4 Å². The van der Waals surface area contributed by atoms with Crippen LogP contribution in [0.25, 0.3) is 0 Å². The lowest BCUT2D eigenvalue weighted by Gasteiger charge is -2.37. The summed E-state index contributed by atoms with van der Waals surface area (Å²) < 4.78 is 11.2. The van der Waals surface area contributed by atoms with Crippen molar-refractivity contribution >= 4 is 17.2 Å². The Morgan fingerprint density at radius 1 is 1.35 bits per heavy atom. The van der Waals surface area contributed by atoms with Gasteiger partial charge in [0.1, 0.15) is 12.4 Å². The maximum atomic E-state index is 13.4. The second-order valence-corrected chi connectivity index (χ2v) is 9.07. The molecule has 3 rings (SSSR count). The first-order chi connectivity index (χ1) is 15.0. The molecule has 1 aromatic heterocycles. The molecule has 1 aliphatic rings. The molecular weight excluding hydrogens is 412 g/mol. The van der Waals surface area contributed by atoms with Crippen molar-refractivity contribution in [2.75, 3.05) is 46.5 Å². The summed E-state index contributed by atoms with van der Waals surface area (Å²) in [5, 5.41) is 12.3. The number of ether oxygens (including phenoxy) is 2. The standard InChI is InChI=1S/C24H34N2O4S/c1-4-11-25(14-19(27)16-29-3)15-24(28)26-12-9-23-20(10-13-31-23)21(26)17-30-22-8-6-5-7-18(22)2/h5-8,10,13,19,21,27H,4,9,11-12,14-17H2,1-3H3/t19-,21-/m1/s1. The van der Waals surface area contributed by atoms with E-state index in [0.29, 0.717) is 19.7 Å². The van der Waals surface area contributed by atoms with Crippen LogP contribution < -0.4 is 4.74 Å². The molecule has 6 nitrogen and oxygen atoms in total. The molecule has 2 aromatic rings. The highest BCUT2D eigenvalue weighted by Gasteiger charge is 2.33. The van der Waals surface area contributed by atoms with Gasteiger partial charge in [-0.25, -0.2) is 0 Å². The Bertz CT molecular complexity index is 840. The molecule has 31 heavy (non-hydrogen) atoms. The van der Waals surface area contributed by atoms with Gasteiger partial charge >= 0.3 is 0 Å². The minimum absolute atomic E-state index is 0.0771. The number of carbonyl (C=O) groups excluding carboxylic acids is 1. The number of hydrogen-bond acceptors (Lipinski definition) is 6. The number of thiophene rings is 1. The molecule has 7 heteroatoms. The minimum atomic E-state index is -0.602. The first kappa shape index (κ1) is 23.7. The van der Waals surface area contributed by atoms with E-state index in [0.717, 1.165) is 30.7 Å². The number of aliphatic hydroxyl groups excluding tert-OH is 1. The third kappa shape index (κ3) is 6.29. The first-order valence-electron chi connectivity index (χ1n) is 11.0. The van der Waals surface area contributed by atoms with Gasteiger partial charge in [-0.15, -0.1) is 11.3 Å². The Morgan fingerprint density at radius 2 is 2.16 bits per heavy atom. The Labute approximate surface area is 189 Å². The summed E-state index contributed by atoms with van der Waals surface area (Å²) in [4.78, 5) is 18.7. The van der Waals surface area contributed by atoms with E-state index in [1.54, 1.807) is 18.4 Å². The second-order valence-electron chi connectivity index (χ2n) is 8.07. The highest BCUT2D eigenvalue weighted by atomic mass is 32.1. The number of aliphatic hydroxyl groups is 1. The number of hydrogen-bond donors (Lipinski definition) is 1. The molecule has 1 aromatic carbocycles. The van der Waals surface area contributed by atoms with Gasteiger partial charge in [-0.3, -0.25) is 9.69 Å². The van der Waals surface area contributed by atoms with Crippen LogP contribution in [0.2, 0.25) is 0 Å². The predicted molar refractivity (Wildman–Crippen MR) is 124 cm³/mol. The molecule has 2 atom stereocenters. The molecule has 1 amide bonds. The number of benzene rings is 1. The second kappa shape index (κ2) is 11.6. The van der Waals surface area contributed by atoms with Crippen molar-refractivity contribution in [1.82, 2.24) is 9.80 Å². The van der Waals surface area contributed by atoms with Crippen LogP contribution in [-0.4, -0.2) is 73.4 Å². The van der Waals surface area contributed by atoms with Crippen molar-refractivity contribution in [1.29, 1.82) is 0 Å². The molecule has 1 aliphatic heterocycles. The fourth-order valence-corrected chi connectivity index (χ4v) is 5.07. The van der Waals surface area contributed by atoms with Crippen molar-refractivity contribution in [3.05, 3.63) is 51.7 Å². The third-order valence-electron chi connectivity index (χ3n) is 5.63. The van der Waals surface area contributed by atoms with Gasteiger partial charge in [0.05, 0.1) is 25.3 Å². The normalized spacial score (nSPS) is 16.9. The number of para-hydroxylation sites is 1. The van der Waals surface area contributed by atoms with Crippen molar-refractivity contribution < 1.29 is 19.4 Å². The predicted octanol–water partition coefficient (Wildman–Crippen LogP) is 3.28. The Kier molecular flexibility index (Phi) is 8.90. The maximum Gasteiger partial charge on any atom is 0.237 e. The molecule has 170 valence electrons. The average Bonchev–Trinajstić information content (AvgIpc) is 3.22. The van der Waals surface area contributed by atoms with Gasteiger partial charge in [-0.2, -0.15) is 0 Å². The van der Waals surface area contributed by atoms with E-state index in [4.69, 9.17) is 9.47 Å².